The van der Waals surface area contributed by atoms with Gasteiger partial charge in [0.2, 0.25) is 5.89 Å². The van der Waals surface area contributed by atoms with Crippen LogP contribution in [-0.2, 0) is 17.7 Å². The van der Waals surface area contributed by atoms with Crippen LogP contribution in [0, 0.1) is 0 Å². The quantitative estimate of drug-likeness (QED) is 0.588. The Kier molecular flexibility index (Phi) is 6.15. The summed E-state index contributed by atoms with van der Waals surface area (Å²) in [7, 11) is 3.32. The van der Waals surface area contributed by atoms with Gasteiger partial charge >= 0.3 is 0 Å². The molecule has 0 saturated carbocycles. The Hall–Kier alpha value is -3.07. The molecule has 3 aromatic rings. The number of amides is 1. The van der Waals surface area contributed by atoms with Crippen LogP contribution in [0.5, 0.6) is 0 Å². The van der Waals surface area contributed by atoms with Gasteiger partial charge in [0.05, 0.1) is 13.2 Å². The minimum absolute atomic E-state index is 0.144. The first-order valence-electron chi connectivity index (χ1n) is 9.05. The van der Waals surface area contributed by atoms with Crippen molar-refractivity contribution in [3.05, 3.63) is 47.9 Å². The predicted octanol–water partition coefficient (Wildman–Crippen LogP) is 2.37. The number of ether oxygens (including phenoxy) is 1. The van der Waals surface area contributed by atoms with Crippen molar-refractivity contribution in [2.45, 2.75) is 32.9 Å². The van der Waals surface area contributed by atoms with Gasteiger partial charge in [-0.1, -0.05) is 17.3 Å². The Morgan fingerprint density at radius 2 is 2.18 bits per heavy atom. The van der Waals surface area contributed by atoms with Gasteiger partial charge in [0.25, 0.3) is 5.91 Å². The van der Waals surface area contributed by atoms with E-state index in [-0.39, 0.29) is 18.5 Å². The lowest BCUT2D eigenvalue weighted by Crippen LogP contribution is -2.26. The van der Waals surface area contributed by atoms with Gasteiger partial charge in [-0.15, -0.1) is 0 Å². The summed E-state index contributed by atoms with van der Waals surface area (Å²) in [6.45, 7) is 4.81. The van der Waals surface area contributed by atoms with Gasteiger partial charge in [-0.3, -0.25) is 4.79 Å². The van der Waals surface area contributed by atoms with Gasteiger partial charge in [0.15, 0.2) is 11.6 Å². The molecule has 148 valence electrons. The molecule has 0 atom stereocenters. The number of rotatable bonds is 8. The molecule has 0 aliphatic carbocycles. The molecule has 2 heterocycles. The van der Waals surface area contributed by atoms with Crippen LogP contribution in [0.15, 0.2) is 35.1 Å². The van der Waals surface area contributed by atoms with Crippen molar-refractivity contribution in [1.29, 1.82) is 0 Å². The fourth-order valence-electron chi connectivity index (χ4n) is 2.77. The predicted molar refractivity (Wildman–Crippen MR) is 102 cm³/mol. The molecule has 0 fully saturated rings. The van der Waals surface area contributed by atoms with E-state index < -0.39 is 0 Å². The lowest BCUT2D eigenvalue weighted by Gasteiger charge is -2.15. The molecule has 0 aliphatic heterocycles. The summed E-state index contributed by atoms with van der Waals surface area (Å²) in [5.74, 6) is 1.53. The first-order valence-corrected chi connectivity index (χ1v) is 9.05. The third kappa shape index (κ3) is 4.42. The molecule has 0 saturated heterocycles. The molecule has 1 aromatic carbocycles. The summed E-state index contributed by atoms with van der Waals surface area (Å²) in [6, 6.07) is 7.52. The molecular weight excluding hydrogens is 360 g/mol. The van der Waals surface area contributed by atoms with Gasteiger partial charge < -0.3 is 14.2 Å². The average Bonchev–Trinajstić information content (AvgIpc) is 3.35. The van der Waals surface area contributed by atoms with Gasteiger partial charge in [-0.05, 0) is 26.0 Å². The number of nitrogens with zero attached hydrogens (tertiary/aromatic N) is 6. The standard InChI is InChI=1S/C19H24N6O3/c1-13(2)25-18(20-12-21-25)14-6-5-7-15(10-14)19(26)24(3)11-17-22-16(23-28-17)8-9-27-4/h5-7,10,12-13H,8-9,11H2,1-4H3. The van der Waals surface area contributed by atoms with E-state index in [1.54, 1.807) is 25.1 Å². The summed E-state index contributed by atoms with van der Waals surface area (Å²) in [5.41, 5.74) is 1.39. The fourth-order valence-corrected chi connectivity index (χ4v) is 2.77. The van der Waals surface area contributed by atoms with E-state index in [2.05, 4.69) is 20.2 Å². The maximum absolute atomic E-state index is 12.8. The van der Waals surface area contributed by atoms with Crippen LogP contribution in [0.4, 0.5) is 0 Å². The van der Waals surface area contributed by atoms with Crippen molar-refractivity contribution in [2.24, 2.45) is 0 Å². The van der Waals surface area contributed by atoms with Gasteiger partial charge in [-0.25, -0.2) is 9.67 Å². The van der Waals surface area contributed by atoms with Gasteiger partial charge in [0.1, 0.15) is 6.33 Å². The highest BCUT2D eigenvalue weighted by Crippen LogP contribution is 2.21. The van der Waals surface area contributed by atoms with E-state index in [1.807, 2.05) is 36.7 Å². The number of benzene rings is 1. The van der Waals surface area contributed by atoms with E-state index in [0.717, 1.165) is 11.4 Å². The lowest BCUT2D eigenvalue weighted by molar-refractivity contribution is 0.0769. The molecule has 3 rings (SSSR count). The fraction of sp³-hybridized carbons (Fsp3) is 0.421. The zero-order valence-corrected chi connectivity index (χ0v) is 16.5. The smallest absolute Gasteiger partial charge is 0.254 e. The minimum Gasteiger partial charge on any atom is -0.384 e. The van der Waals surface area contributed by atoms with E-state index in [1.165, 1.54) is 6.33 Å². The normalized spacial score (nSPS) is 11.2. The minimum atomic E-state index is -0.144. The summed E-state index contributed by atoms with van der Waals surface area (Å²) < 4.78 is 12.0. The van der Waals surface area contributed by atoms with E-state index in [9.17, 15) is 4.79 Å². The van der Waals surface area contributed by atoms with Gasteiger partial charge in [-0.2, -0.15) is 10.1 Å². The second-order valence-electron chi connectivity index (χ2n) is 6.71. The largest absolute Gasteiger partial charge is 0.384 e. The summed E-state index contributed by atoms with van der Waals surface area (Å²) >= 11 is 0. The van der Waals surface area contributed by atoms with Crippen molar-refractivity contribution in [1.82, 2.24) is 29.8 Å². The first kappa shape index (κ1) is 19.7. The van der Waals surface area contributed by atoms with Crippen molar-refractivity contribution < 1.29 is 14.1 Å². The first-order chi connectivity index (χ1) is 13.5. The number of aromatic nitrogens is 5. The Labute approximate surface area is 163 Å². The van der Waals surface area contributed by atoms with E-state index in [4.69, 9.17) is 9.26 Å². The lowest BCUT2D eigenvalue weighted by atomic mass is 10.1. The molecule has 0 unspecified atom stereocenters. The molecular formula is C19H24N6O3. The molecule has 9 heteroatoms. The molecule has 9 nitrogen and oxygen atoms in total. The topological polar surface area (TPSA) is 99.2 Å². The number of hydrogen-bond donors (Lipinski definition) is 0. The Bertz CT molecular complexity index is 933. The van der Waals surface area contributed by atoms with E-state index >= 15 is 0 Å². The molecule has 0 aliphatic rings. The summed E-state index contributed by atoms with van der Waals surface area (Å²) in [6.07, 6.45) is 2.09. The second kappa shape index (κ2) is 8.75. The van der Waals surface area contributed by atoms with Crippen molar-refractivity contribution in [3.63, 3.8) is 0 Å². The van der Waals surface area contributed by atoms with Crippen LogP contribution >= 0.6 is 0 Å². The maximum Gasteiger partial charge on any atom is 0.254 e. The third-order valence-electron chi connectivity index (χ3n) is 4.19. The second-order valence-corrected chi connectivity index (χ2v) is 6.71. The molecule has 0 radical (unpaired) electrons. The van der Waals surface area contributed by atoms with Crippen LogP contribution in [0.2, 0.25) is 0 Å². The summed E-state index contributed by atoms with van der Waals surface area (Å²) in [5, 5.41) is 8.15. The SMILES string of the molecule is COCCc1noc(CN(C)C(=O)c2cccc(-c3ncnn3C(C)C)c2)n1. The molecule has 0 N–H and O–H groups in total. The Morgan fingerprint density at radius 3 is 2.93 bits per heavy atom. The summed E-state index contributed by atoms with van der Waals surface area (Å²) in [4.78, 5) is 23.0. The highest BCUT2D eigenvalue weighted by molar-refractivity contribution is 5.95. The van der Waals surface area contributed by atoms with Crippen LogP contribution < -0.4 is 0 Å². The van der Waals surface area contributed by atoms with Crippen LogP contribution in [0.3, 0.4) is 0 Å². The van der Waals surface area contributed by atoms with Crippen LogP contribution in [0.25, 0.3) is 11.4 Å². The molecule has 2 aromatic heterocycles. The van der Waals surface area contributed by atoms with Crippen LogP contribution in [0.1, 0.15) is 42.0 Å². The maximum atomic E-state index is 12.8. The number of carbonyl (C=O) groups excluding carboxylic acids is 1. The highest BCUT2D eigenvalue weighted by atomic mass is 16.5. The van der Waals surface area contributed by atoms with Crippen molar-refractivity contribution in [2.75, 3.05) is 20.8 Å². The van der Waals surface area contributed by atoms with Gasteiger partial charge in [0, 0.05) is 37.7 Å². The monoisotopic (exact) mass is 384 g/mol. The molecule has 1 amide bonds. The zero-order chi connectivity index (χ0) is 20.1. The third-order valence-corrected chi connectivity index (χ3v) is 4.19. The number of hydrogen-bond acceptors (Lipinski definition) is 7. The van der Waals surface area contributed by atoms with Crippen molar-refractivity contribution >= 4 is 5.91 Å². The molecule has 0 spiro atoms. The zero-order valence-electron chi connectivity index (χ0n) is 16.5. The highest BCUT2D eigenvalue weighted by Gasteiger charge is 2.17. The Morgan fingerprint density at radius 1 is 1.36 bits per heavy atom. The molecule has 28 heavy (non-hydrogen) atoms. The van der Waals surface area contributed by atoms with Crippen LogP contribution in [-0.4, -0.2) is 56.5 Å². The Balaban J connectivity index is 1.73. The van der Waals surface area contributed by atoms with Crippen molar-refractivity contribution in [3.8, 4) is 11.4 Å². The van der Waals surface area contributed by atoms with E-state index in [0.29, 0.717) is 30.3 Å². The number of methoxy groups -OCH3 is 1. The molecule has 0 bridgehead atoms. The number of carbonyl (C=O) groups is 1. The average molecular weight is 384 g/mol.